The van der Waals surface area contributed by atoms with E-state index in [9.17, 15) is 19.2 Å². The first-order valence-electron chi connectivity index (χ1n) is 28.5. The summed E-state index contributed by atoms with van der Waals surface area (Å²) < 4.78 is 7.57. The summed E-state index contributed by atoms with van der Waals surface area (Å²) in [6, 6.07) is 0. The van der Waals surface area contributed by atoms with Gasteiger partial charge in [-0.15, -0.1) is 0 Å². The number of carbonyl (C=O) groups is 4. The van der Waals surface area contributed by atoms with Gasteiger partial charge in [0.2, 0.25) is 35.3 Å². The largest absolute Gasteiger partial charge is 0.310 e. The molecule has 0 radical (unpaired) electrons. The average Bonchev–Trinajstić information content (AvgIpc) is 3.28. The van der Waals surface area contributed by atoms with Crippen LogP contribution in [0.15, 0.2) is 0 Å². The number of hydrogen-bond donors (Lipinski definition) is 4. The normalized spacial score (nSPS) is 12.8. The first-order valence-corrected chi connectivity index (χ1v) is 28.5. The Morgan fingerprint density at radius 1 is 0.308 bits per heavy atom. The molecule has 0 aromatic heterocycles. The average molecular weight is 920 g/mol. The van der Waals surface area contributed by atoms with Gasteiger partial charge in [0.1, 0.15) is 0 Å². The maximum atomic E-state index is 14.4. The fourth-order valence-corrected chi connectivity index (χ4v) is 9.33. The van der Waals surface area contributed by atoms with Crippen molar-refractivity contribution in [1.29, 1.82) is 0 Å². The Bertz CT molecular complexity index is 998. The topological polar surface area (TPSA) is 126 Å². The fraction of sp³-hybridized carbons (Fsp3) is 0.929. The molecule has 0 heterocycles. The molecule has 65 heavy (non-hydrogen) atoms. The van der Waals surface area contributed by atoms with E-state index in [1.807, 2.05) is 0 Å². The van der Waals surface area contributed by atoms with E-state index in [1.54, 1.807) is 0 Å². The molecule has 384 valence electrons. The lowest BCUT2D eigenvalue weighted by molar-refractivity contribution is -0.256. The molecule has 9 nitrogen and oxygen atoms in total. The van der Waals surface area contributed by atoms with Gasteiger partial charge >= 0.3 is 0 Å². The summed E-state index contributed by atoms with van der Waals surface area (Å²) in [5.74, 6) is -4.68. The summed E-state index contributed by atoms with van der Waals surface area (Å²) in [6.45, 7) is 17.4. The first-order chi connectivity index (χ1) is 31.6. The number of rotatable bonds is 48. The lowest BCUT2D eigenvalue weighted by atomic mass is 9.89. The zero-order valence-electron chi connectivity index (χ0n) is 44.5. The summed E-state index contributed by atoms with van der Waals surface area (Å²) in [7, 11) is 0. The molecule has 0 aliphatic carbocycles. The molecule has 0 aromatic carbocycles. The van der Waals surface area contributed by atoms with Gasteiger partial charge in [0.25, 0.3) is 0 Å². The lowest BCUT2D eigenvalue weighted by Gasteiger charge is -2.50. The molecule has 0 aliphatic heterocycles. The zero-order valence-corrected chi connectivity index (χ0v) is 44.5. The molecule has 0 spiro atoms. The summed E-state index contributed by atoms with van der Waals surface area (Å²) in [5, 5.41) is 13.4. The van der Waals surface area contributed by atoms with Crippen molar-refractivity contribution < 1.29 is 23.9 Å². The minimum Gasteiger partial charge on any atom is -0.310 e. The van der Waals surface area contributed by atoms with E-state index in [0.29, 0.717) is 51.4 Å². The van der Waals surface area contributed by atoms with Crippen LogP contribution in [0, 0.1) is 11.8 Å². The Labute approximate surface area is 403 Å². The van der Waals surface area contributed by atoms with Crippen LogP contribution in [0.5, 0.6) is 0 Å². The number of nitrogens with one attached hydrogen (secondary N) is 4. The van der Waals surface area contributed by atoms with Crippen molar-refractivity contribution in [2.24, 2.45) is 11.8 Å². The van der Waals surface area contributed by atoms with Gasteiger partial charge in [-0.3, -0.25) is 23.9 Å². The lowest BCUT2D eigenvalue weighted by Crippen LogP contribution is -2.76. The van der Waals surface area contributed by atoms with E-state index >= 15 is 0 Å². The highest BCUT2D eigenvalue weighted by Gasteiger charge is 2.52. The molecule has 2 unspecified atom stereocenters. The molecule has 0 aromatic rings. The van der Waals surface area contributed by atoms with Crippen LogP contribution in [0.1, 0.15) is 312 Å². The van der Waals surface area contributed by atoms with Crippen LogP contribution in [0.4, 0.5) is 0 Å². The molecule has 0 bridgehead atoms. The highest BCUT2D eigenvalue weighted by atomic mass is 16.6. The third-order valence-corrected chi connectivity index (χ3v) is 13.6. The zero-order chi connectivity index (χ0) is 48.3. The molecule has 9 heteroatoms. The standard InChI is InChI=1S/C56H110N4O5/c1-9-17-23-27-31-35-39-45-51(61)57-55(49(15-7)43-21-13-5,58-52(62)46-40-36-32-28-24-18-10-2)65-56(50(16-8)44-22-14-6,59-53(63)47-41-37-33-29-25-19-11-3)60-54(64)48-42-38-34-30-26-20-12-4/h49-50H,9-48H2,1-8H3,(H,57,61)(H,58,62)(H,59,63)(H,60,64). The predicted molar refractivity (Wildman–Crippen MR) is 276 cm³/mol. The minimum absolute atomic E-state index is 0.177. The molecule has 2 atom stereocenters. The van der Waals surface area contributed by atoms with Gasteiger partial charge in [-0.25, -0.2) is 0 Å². The van der Waals surface area contributed by atoms with E-state index < -0.39 is 11.7 Å². The molecule has 0 rings (SSSR count). The molecule has 0 saturated heterocycles. The molecular formula is C56H110N4O5. The Morgan fingerprint density at radius 3 is 0.708 bits per heavy atom. The van der Waals surface area contributed by atoms with Gasteiger partial charge in [-0.2, -0.15) is 0 Å². The number of carbonyl (C=O) groups excluding carboxylic acids is 4. The van der Waals surface area contributed by atoms with E-state index in [-0.39, 0.29) is 35.5 Å². The Kier molecular flexibility index (Phi) is 41.7. The van der Waals surface area contributed by atoms with Gasteiger partial charge in [-0.1, -0.05) is 235 Å². The molecule has 0 saturated carbocycles. The second kappa shape index (κ2) is 43.1. The van der Waals surface area contributed by atoms with Crippen molar-refractivity contribution in [1.82, 2.24) is 21.3 Å². The van der Waals surface area contributed by atoms with Crippen molar-refractivity contribution in [2.75, 3.05) is 0 Å². The summed E-state index contributed by atoms with van der Waals surface area (Å²) in [4.78, 5) is 57.7. The number of unbranched alkanes of at least 4 members (excludes halogenated alkanes) is 26. The molecule has 4 N–H and O–H groups in total. The summed E-state index contributed by atoms with van der Waals surface area (Å²) in [6.07, 6.45) is 38.0. The molecule has 0 aliphatic rings. The highest BCUT2D eigenvalue weighted by molar-refractivity contribution is 5.81. The van der Waals surface area contributed by atoms with E-state index in [2.05, 4.69) is 76.7 Å². The minimum atomic E-state index is -1.67. The summed E-state index contributed by atoms with van der Waals surface area (Å²) in [5.41, 5.74) is 0. The molecule has 0 fully saturated rings. The quantitative estimate of drug-likeness (QED) is 0.0357. The first kappa shape index (κ1) is 62.8. The van der Waals surface area contributed by atoms with Gasteiger partial charge in [0.15, 0.2) is 0 Å². The van der Waals surface area contributed by atoms with Crippen molar-refractivity contribution in [3.8, 4) is 0 Å². The van der Waals surface area contributed by atoms with Crippen LogP contribution in [0.25, 0.3) is 0 Å². The SMILES string of the molecule is CCCCCCCCCC(=O)NC(NC(=O)CCCCCCCCC)(OC(NC(=O)CCCCCCCCC)(NC(=O)CCCCCCCCC)C(CC)CCCC)C(CC)CCCC. The smallest absolute Gasteiger partial charge is 0.227 e. The van der Waals surface area contributed by atoms with Gasteiger partial charge < -0.3 is 21.3 Å². The van der Waals surface area contributed by atoms with Crippen LogP contribution in [0.3, 0.4) is 0 Å². The second-order valence-corrected chi connectivity index (χ2v) is 19.7. The van der Waals surface area contributed by atoms with Crippen LogP contribution >= 0.6 is 0 Å². The number of hydrogen-bond acceptors (Lipinski definition) is 5. The summed E-state index contributed by atoms with van der Waals surface area (Å²) >= 11 is 0. The van der Waals surface area contributed by atoms with Crippen molar-refractivity contribution in [2.45, 2.75) is 324 Å². The Hall–Kier alpha value is -2.16. The van der Waals surface area contributed by atoms with Crippen LogP contribution < -0.4 is 21.3 Å². The Morgan fingerprint density at radius 2 is 0.508 bits per heavy atom. The molecule has 4 amide bonds. The number of amides is 4. The van der Waals surface area contributed by atoms with Gasteiger partial charge in [0, 0.05) is 37.5 Å². The monoisotopic (exact) mass is 919 g/mol. The van der Waals surface area contributed by atoms with Crippen LogP contribution in [-0.2, 0) is 23.9 Å². The van der Waals surface area contributed by atoms with Crippen LogP contribution in [-0.4, -0.2) is 35.3 Å². The Balaban J connectivity index is 7.34. The van der Waals surface area contributed by atoms with Crippen molar-refractivity contribution in [3.05, 3.63) is 0 Å². The second-order valence-electron chi connectivity index (χ2n) is 19.7. The third-order valence-electron chi connectivity index (χ3n) is 13.6. The van der Waals surface area contributed by atoms with Gasteiger partial charge in [-0.05, 0) is 51.4 Å². The van der Waals surface area contributed by atoms with E-state index in [4.69, 9.17) is 4.74 Å². The van der Waals surface area contributed by atoms with Crippen molar-refractivity contribution in [3.63, 3.8) is 0 Å². The van der Waals surface area contributed by atoms with Crippen LogP contribution in [0.2, 0.25) is 0 Å². The van der Waals surface area contributed by atoms with E-state index in [1.165, 1.54) is 103 Å². The predicted octanol–water partition coefficient (Wildman–Crippen LogP) is 15.8. The molecular weight excluding hydrogens is 809 g/mol. The fourth-order valence-electron chi connectivity index (χ4n) is 9.33. The van der Waals surface area contributed by atoms with Gasteiger partial charge in [0.05, 0.1) is 0 Å². The maximum absolute atomic E-state index is 14.4. The third kappa shape index (κ3) is 31.5. The number of ether oxygens (including phenoxy) is 1. The van der Waals surface area contributed by atoms with E-state index in [0.717, 1.165) is 103 Å². The van der Waals surface area contributed by atoms with Crippen molar-refractivity contribution >= 4 is 23.6 Å². The highest BCUT2D eigenvalue weighted by Crippen LogP contribution is 2.36. The maximum Gasteiger partial charge on any atom is 0.227 e.